The molecule has 1 fully saturated rings. The minimum atomic E-state index is -0.749. The van der Waals surface area contributed by atoms with Crippen molar-refractivity contribution >= 4 is 11.6 Å². The Morgan fingerprint density at radius 1 is 1.12 bits per heavy atom. The van der Waals surface area contributed by atoms with Crippen LogP contribution in [0.15, 0.2) is 39.9 Å². The molecule has 5 nitrogen and oxygen atoms in total. The number of carbonyl (C=O) groups is 1. The minimum Gasteiger partial charge on any atom is -0.455 e. The quantitative estimate of drug-likeness (QED) is 0.888. The Hall–Kier alpha value is -2.54. The summed E-state index contributed by atoms with van der Waals surface area (Å²) in [6.07, 6.45) is 1.53. The van der Waals surface area contributed by atoms with E-state index < -0.39 is 17.0 Å². The molecule has 1 spiro atoms. The second-order valence-electron chi connectivity index (χ2n) is 6.09. The van der Waals surface area contributed by atoms with Gasteiger partial charge in [-0.25, -0.2) is 14.2 Å². The maximum Gasteiger partial charge on any atom is 0.253 e. The van der Waals surface area contributed by atoms with E-state index >= 15 is 0 Å². The van der Waals surface area contributed by atoms with Crippen LogP contribution in [0.1, 0.15) is 18.6 Å². The van der Waals surface area contributed by atoms with Crippen molar-refractivity contribution in [2.45, 2.75) is 12.8 Å². The van der Waals surface area contributed by atoms with Crippen molar-refractivity contribution in [2.24, 2.45) is 10.5 Å². The van der Waals surface area contributed by atoms with Crippen LogP contribution >= 0.6 is 0 Å². The first-order valence-electron chi connectivity index (χ1n) is 7.74. The molecule has 0 unspecified atom stereocenters. The van der Waals surface area contributed by atoms with Gasteiger partial charge >= 0.3 is 0 Å². The lowest BCUT2D eigenvalue weighted by Crippen LogP contribution is -2.50. The topological polar surface area (TPSA) is 66.6 Å². The number of hydrogen-bond donors (Lipinski definition) is 2. The molecular formula is C17H15F2N3O2. The van der Waals surface area contributed by atoms with Crippen molar-refractivity contribution in [3.05, 3.63) is 47.7 Å². The Labute approximate surface area is 136 Å². The fraction of sp³-hybridized carbons (Fsp3) is 0.294. The van der Waals surface area contributed by atoms with Crippen LogP contribution in [0.4, 0.5) is 8.78 Å². The number of piperidine rings is 1. The number of carbonyl (C=O) groups excluding carboxylic acids is 1. The van der Waals surface area contributed by atoms with Crippen LogP contribution in [0.5, 0.6) is 0 Å². The van der Waals surface area contributed by atoms with Gasteiger partial charge in [0.25, 0.3) is 5.91 Å². The Morgan fingerprint density at radius 2 is 1.88 bits per heavy atom. The van der Waals surface area contributed by atoms with Gasteiger partial charge in [-0.05, 0) is 43.7 Å². The number of furan rings is 1. The van der Waals surface area contributed by atoms with Crippen molar-refractivity contribution in [2.75, 3.05) is 13.1 Å². The lowest BCUT2D eigenvalue weighted by Gasteiger charge is -2.31. The van der Waals surface area contributed by atoms with Gasteiger partial charge in [0.2, 0.25) is 0 Å². The highest BCUT2D eigenvalue weighted by Gasteiger charge is 2.49. The van der Waals surface area contributed by atoms with Crippen molar-refractivity contribution < 1.29 is 18.0 Å². The standard InChI is InChI=1S/C17H15F2N3O2/c18-11-6-10(7-12(19)8-11)13-2-3-14(24-13)15-17(16(23)22-21-15)4-1-5-20-9-17/h2-3,6-8,20H,1,4-5,9H2,(H,22,23)/t17-/m0/s1. The predicted octanol–water partition coefficient (Wildman–Crippen LogP) is 2.43. The van der Waals surface area contributed by atoms with E-state index in [1.807, 2.05) is 0 Å². The first-order chi connectivity index (χ1) is 11.6. The van der Waals surface area contributed by atoms with E-state index in [1.165, 1.54) is 12.1 Å². The van der Waals surface area contributed by atoms with Crippen LogP contribution in [-0.2, 0) is 4.79 Å². The number of rotatable bonds is 2. The van der Waals surface area contributed by atoms with Crippen LogP contribution < -0.4 is 10.7 Å². The van der Waals surface area contributed by atoms with E-state index in [0.717, 1.165) is 19.0 Å². The molecule has 1 saturated heterocycles. The monoisotopic (exact) mass is 331 g/mol. The lowest BCUT2D eigenvalue weighted by atomic mass is 9.75. The molecule has 2 aromatic rings. The fourth-order valence-corrected chi connectivity index (χ4v) is 3.34. The Bertz CT molecular complexity index is 818. The van der Waals surface area contributed by atoms with Gasteiger partial charge in [-0.2, -0.15) is 5.10 Å². The Kier molecular flexibility index (Phi) is 3.45. The summed E-state index contributed by atoms with van der Waals surface area (Å²) in [5.74, 6) is -0.752. The van der Waals surface area contributed by atoms with Gasteiger partial charge in [-0.15, -0.1) is 0 Å². The summed E-state index contributed by atoms with van der Waals surface area (Å²) in [7, 11) is 0. The number of hydrogen-bond acceptors (Lipinski definition) is 4. The zero-order chi connectivity index (χ0) is 16.7. The molecule has 24 heavy (non-hydrogen) atoms. The molecule has 0 saturated carbocycles. The predicted molar refractivity (Wildman–Crippen MR) is 83.3 cm³/mol. The fourth-order valence-electron chi connectivity index (χ4n) is 3.34. The first kappa shape index (κ1) is 15.0. The maximum absolute atomic E-state index is 13.4. The smallest absolute Gasteiger partial charge is 0.253 e. The van der Waals surface area contributed by atoms with Crippen molar-refractivity contribution in [1.82, 2.24) is 10.7 Å². The highest BCUT2D eigenvalue weighted by atomic mass is 19.1. The van der Waals surface area contributed by atoms with E-state index in [1.54, 1.807) is 12.1 Å². The number of halogens is 2. The SMILES string of the molecule is O=C1NN=C(c2ccc(-c3cc(F)cc(F)c3)o2)[C@@]12CCCNC2. The largest absolute Gasteiger partial charge is 0.455 e. The normalized spacial score (nSPS) is 23.4. The number of nitrogens with one attached hydrogen (secondary N) is 2. The van der Waals surface area contributed by atoms with E-state index in [2.05, 4.69) is 15.8 Å². The molecule has 3 heterocycles. The zero-order valence-corrected chi connectivity index (χ0v) is 12.7. The maximum atomic E-state index is 13.4. The minimum absolute atomic E-state index is 0.153. The molecule has 4 rings (SSSR count). The molecule has 1 atom stereocenters. The molecule has 0 radical (unpaired) electrons. The summed E-state index contributed by atoms with van der Waals surface area (Å²) in [5.41, 5.74) is 2.60. The van der Waals surface area contributed by atoms with Gasteiger partial charge in [-0.3, -0.25) is 4.79 Å². The first-order valence-corrected chi connectivity index (χ1v) is 7.74. The third kappa shape index (κ3) is 2.32. The third-order valence-electron chi connectivity index (χ3n) is 4.53. The Balaban J connectivity index is 1.71. The average molecular weight is 331 g/mol. The van der Waals surface area contributed by atoms with Crippen LogP contribution in [0.3, 0.4) is 0 Å². The summed E-state index contributed by atoms with van der Waals surface area (Å²) in [5, 5.41) is 7.36. The molecule has 2 N–H and O–H groups in total. The molecule has 2 aliphatic rings. The molecule has 124 valence electrons. The highest BCUT2D eigenvalue weighted by Crippen LogP contribution is 2.36. The zero-order valence-electron chi connectivity index (χ0n) is 12.7. The molecule has 1 amide bonds. The summed E-state index contributed by atoms with van der Waals surface area (Å²) in [4.78, 5) is 12.3. The van der Waals surface area contributed by atoms with Crippen LogP contribution in [0.25, 0.3) is 11.3 Å². The average Bonchev–Trinajstić information content (AvgIpc) is 3.14. The summed E-state index contributed by atoms with van der Waals surface area (Å²) in [6, 6.07) is 6.50. The molecule has 7 heteroatoms. The van der Waals surface area contributed by atoms with E-state index in [0.29, 0.717) is 35.8 Å². The van der Waals surface area contributed by atoms with Gasteiger partial charge in [0, 0.05) is 18.2 Å². The number of hydrazone groups is 1. The van der Waals surface area contributed by atoms with E-state index in [-0.39, 0.29) is 5.91 Å². The van der Waals surface area contributed by atoms with Crippen LogP contribution in [-0.4, -0.2) is 24.7 Å². The van der Waals surface area contributed by atoms with E-state index in [9.17, 15) is 13.6 Å². The molecule has 2 aliphatic heterocycles. The highest BCUT2D eigenvalue weighted by molar-refractivity contribution is 6.19. The van der Waals surface area contributed by atoms with Gasteiger partial charge in [0.05, 0.1) is 0 Å². The third-order valence-corrected chi connectivity index (χ3v) is 4.53. The number of benzene rings is 1. The van der Waals surface area contributed by atoms with Gasteiger partial charge in [0.1, 0.15) is 28.5 Å². The van der Waals surface area contributed by atoms with Crippen LogP contribution in [0, 0.1) is 17.0 Å². The molecule has 0 bridgehead atoms. The molecule has 1 aromatic heterocycles. The molecule has 1 aromatic carbocycles. The lowest BCUT2D eigenvalue weighted by molar-refractivity contribution is -0.126. The number of amides is 1. The van der Waals surface area contributed by atoms with E-state index in [4.69, 9.17) is 4.42 Å². The molecule has 0 aliphatic carbocycles. The number of nitrogens with zero attached hydrogens (tertiary/aromatic N) is 1. The van der Waals surface area contributed by atoms with Crippen molar-refractivity contribution in [3.63, 3.8) is 0 Å². The van der Waals surface area contributed by atoms with Gasteiger partial charge in [0.15, 0.2) is 5.76 Å². The summed E-state index contributed by atoms with van der Waals surface area (Å²) >= 11 is 0. The van der Waals surface area contributed by atoms with Gasteiger partial charge < -0.3 is 9.73 Å². The van der Waals surface area contributed by atoms with Crippen molar-refractivity contribution in [3.8, 4) is 11.3 Å². The van der Waals surface area contributed by atoms with Crippen molar-refractivity contribution in [1.29, 1.82) is 0 Å². The molecular weight excluding hydrogens is 316 g/mol. The second-order valence-corrected chi connectivity index (χ2v) is 6.09. The Morgan fingerprint density at radius 3 is 2.58 bits per heavy atom. The van der Waals surface area contributed by atoms with Crippen LogP contribution in [0.2, 0.25) is 0 Å². The second kappa shape index (κ2) is 5.52. The summed E-state index contributed by atoms with van der Waals surface area (Å²) in [6.45, 7) is 1.34. The van der Waals surface area contributed by atoms with Gasteiger partial charge in [-0.1, -0.05) is 0 Å². The summed E-state index contributed by atoms with van der Waals surface area (Å²) < 4.78 is 32.5.